The maximum absolute atomic E-state index is 6.58. The number of nitrogens with two attached hydrogens (primary N) is 2. The lowest BCUT2D eigenvalue weighted by atomic mass is 9.84. The Hall–Kier alpha value is -2.69. The minimum absolute atomic E-state index is 0.235. The second kappa shape index (κ2) is 11.0. The van der Waals surface area contributed by atoms with E-state index in [1.54, 1.807) is 6.20 Å². The Balaban J connectivity index is 2.34. The van der Waals surface area contributed by atoms with Crippen molar-refractivity contribution in [2.24, 2.45) is 22.8 Å². The van der Waals surface area contributed by atoms with Crippen LogP contribution in [0.5, 0.6) is 0 Å². The molecule has 2 aromatic rings. The van der Waals surface area contributed by atoms with Crippen LogP contribution in [0.4, 0.5) is 0 Å². The van der Waals surface area contributed by atoms with Crippen molar-refractivity contribution in [3.05, 3.63) is 58.8 Å². The van der Waals surface area contributed by atoms with Crippen molar-refractivity contribution in [1.29, 1.82) is 0 Å². The van der Waals surface area contributed by atoms with Gasteiger partial charge in [-0.1, -0.05) is 41.5 Å². The maximum atomic E-state index is 6.58. The lowest BCUT2D eigenvalue weighted by Gasteiger charge is -2.35. The SMILES string of the molecule is CCc1cc(-c2ncc(C)o2)cc(C)c1/C(N)=C/C=C(\N)N(C)C(CC(C)C)CC(C)(C)C. The van der Waals surface area contributed by atoms with Gasteiger partial charge in [-0.2, -0.15) is 0 Å². The Morgan fingerprint density at radius 2 is 1.82 bits per heavy atom. The molecule has 0 aliphatic rings. The first-order valence-corrected chi connectivity index (χ1v) is 12.0. The normalized spacial score (nSPS) is 14.1. The molecule has 4 N–H and O–H groups in total. The second-order valence-corrected chi connectivity index (χ2v) is 10.8. The Morgan fingerprint density at radius 3 is 2.33 bits per heavy atom. The Kier molecular flexibility index (Phi) is 8.82. The fourth-order valence-corrected chi connectivity index (χ4v) is 4.38. The molecule has 1 aromatic heterocycles. The number of hydrogen-bond donors (Lipinski definition) is 2. The third-order valence-electron chi connectivity index (χ3n) is 5.94. The van der Waals surface area contributed by atoms with Gasteiger partial charge in [0.05, 0.1) is 12.0 Å². The first-order valence-electron chi connectivity index (χ1n) is 12.0. The highest BCUT2D eigenvalue weighted by Gasteiger charge is 2.23. The summed E-state index contributed by atoms with van der Waals surface area (Å²) in [4.78, 5) is 6.58. The highest BCUT2D eigenvalue weighted by atomic mass is 16.4. The summed E-state index contributed by atoms with van der Waals surface area (Å²) in [5.74, 6) is 2.78. The van der Waals surface area contributed by atoms with Crippen LogP contribution in [0.1, 0.15) is 76.8 Å². The van der Waals surface area contributed by atoms with Gasteiger partial charge in [-0.25, -0.2) is 4.98 Å². The lowest BCUT2D eigenvalue weighted by Crippen LogP contribution is -2.38. The number of nitrogens with zero attached hydrogens (tertiary/aromatic N) is 2. The lowest BCUT2D eigenvalue weighted by molar-refractivity contribution is 0.188. The summed E-state index contributed by atoms with van der Waals surface area (Å²) < 4.78 is 5.73. The number of oxazole rings is 1. The highest BCUT2D eigenvalue weighted by Crippen LogP contribution is 2.30. The average Bonchev–Trinajstić information content (AvgIpc) is 3.15. The van der Waals surface area contributed by atoms with Gasteiger partial charge in [0.25, 0.3) is 0 Å². The van der Waals surface area contributed by atoms with Crippen molar-refractivity contribution < 1.29 is 4.42 Å². The molecule has 0 radical (unpaired) electrons. The molecule has 0 spiro atoms. The van der Waals surface area contributed by atoms with E-state index in [1.165, 1.54) is 5.56 Å². The van der Waals surface area contributed by atoms with Crippen LogP contribution in [0.25, 0.3) is 17.2 Å². The molecule has 1 heterocycles. The van der Waals surface area contributed by atoms with E-state index in [1.807, 2.05) is 19.1 Å². The van der Waals surface area contributed by atoms with Crippen molar-refractivity contribution in [1.82, 2.24) is 9.88 Å². The van der Waals surface area contributed by atoms with Crippen molar-refractivity contribution >= 4 is 5.70 Å². The standard InChI is InChI=1S/C28H44N4O/c1-10-21-15-22(27-31-17-20(5)33-27)14-19(4)26(21)24(29)11-12-25(30)32(9)23(13-18(2)3)16-28(6,7)8/h11-12,14-15,17-18,23H,10,13,16,29-30H2,1-9H3/b24-11-,25-12+. The van der Waals surface area contributed by atoms with E-state index in [-0.39, 0.29) is 5.41 Å². The molecule has 0 fully saturated rings. The predicted molar refractivity (Wildman–Crippen MR) is 140 cm³/mol. The minimum atomic E-state index is 0.235. The fraction of sp³-hybridized carbons (Fsp3) is 0.536. The number of allylic oxidation sites excluding steroid dienone is 2. The second-order valence-electron chi connectivity index (χ2n) is 10.8. The van der Waals surface area contributed by atoms with E-state index in [4.69, 9.17) is 15.9 Å². The molecule has 0 saturated carbocycles. The van der Waals surface area contributed by atoms with E-state index in [0.29, 0.717) is 23.5 Å². The van der Waals surface area contributed by atoms with Gasteiger partial charge in [0.1, 0.15) is 5.76 Å². The molecule has 33 heavy (non-hydrogen) atoms. The third kappa shape index (κ3) is 7.41. The number of benzene rings is 1. The van der Waals surface area contributed by atoms with E-state index in [0.717, 1.165) is 47.5 Å². The van der Waals surface area contributed by atoms with Gasteiger partial charge < -0.3 is 20.8 Å². The van der Waals surface area contributed by atoms with Gasteiger partial charge in [0.2, 0.25) is 5.89 Å². The van der Waals surface area contributed by atoms with E-state index >= 15 is 0 Å². The van der Waals surface area contributed by atoms with Gasteiger partial charge in [-0.3, -0.25) is 0 Å². The zero-order valence-electron chi connectivity index (χ0n) is 22.1. The molecule has 0 aliphatic carbocycles. The van der Waals surface area contributed by atoms with Crippen LogP contribution >= 0.6 is 0 Å². The van der Waals surface area contributed by atoms with Crippen LogP contribution in [0.3, 0.4) is 0 Å². The third-order valence-corrected chi connectivity index (χ3v) is 5.94. The van der Waals surface area contributed by atoms with Crippen molar-refractivity contribution in [2.45, 2.75) is 80.7 Å². The average molecular weight is 453 g/mol. The molecule has 0 saturated heterocycles. The molecule has 5 nitrogen and oxygen atoms in total. The van der Waals surface area contributed by atoms with E-state index in [9.17, 15) is 0 Å². The predicted octanol–water partition coefficient (Wildman–Crippen LogP) is 6.40. The van der Waals surface area contributed by atoms with Crippen LogP contribution in [0.15, 0.2) is 40.7 Å². The van der Waals surface area contributed by atoms with Crippen LogP contribution < -0.4 is 11.5 Å². The van der Waals surface area contributed by atoms with Crippen molar-refractivity contribution in [3.8, 4) is 11.5 Å². The highest BCUT2D eigenvalue weighted by molar-refractivity contribution is 5.73. The van der Waals surface area contributed by atoms with Gasteiger partial charge >= 0.3 is 0 Å². The molecule has 0 bridgehead atoms. The Labute approximate surface area is 200 Å². The molecule has 1 aromatic carbocycles. The summed E-state index contributed by atoms with van der Waals surface area (Å²) in [5, 5.41) is 0. The van der Waals surface area contributed by atoms with Gasteiger partial charge in [0, 0.05) is 29.9 Å². The van der Waals surface area contributed by atoms with Crippen LogP contribution in [-0.4, -0.2) is 23.0 Å². The first-order chi connectivity index (χ1) is 15.3. The fourth-order valence-electron chi connectivity index (χ4n) is 4.38. The summed E-state index contributed by atoms with van der Waals surface area (Å²) in [6, 6.07) is 4.59. The molecule has 1 unspecified atom stereocenters. The van der Waals surface area contributed by atoms with E-state index < -0.39 is 0 Å². The van der Waals surface area contributed by atoms with Crippen LogP contribution in [-0.2, 0) is 6.42 Å². The summed E-state index contributed by atoms with van der Waals surface area (Å²) in [6.07, 6.45) is 8.66. The molecular formula is C28H44N4O. The largest absolute Gasteiger partial charge is 0.441 e. The van der Waals surface area contributed by atoms with Gasteiger partial charge in [0.15, 0.2) is 0 Å². The molecule has 0 amide bonds. The van der Waals surface area contributed by atoms with E-state index in [2.05, 4.69) is 77.5 Å². The zero-order valence-corrected chi connectivity index (χ0v) is 22.1. The summed E-state index contributed by atoms with van der Waals surface area (Å²) in [6.45, 7) is 17.5. The van der Waals surface area contributed by atoms with Gasteiger partial charge in [-0.15, -0.1) is 0 Å². The Morgan fingerprint density at radius 1 is 1.15 bits per heavy atom. The number of rotatable bonds is 9. The maximum Gasteiger partial charge on any atom is 0.226 e. The van der Waals surface area contributed by atoms with Crippen LogP contribution in [0, 0.1) is 25.2 Å². The van der Waals surface area contributed by atoms with Crippen molar-refractivity contribution in [3.63, 3.8) is 0 Å². The first kappa shape index (κ1) is 26.6. The van der Waals surface area contributed by atoms with Gasteiger partial charge in [-0.05, 0) is 79.9 Å². The Bertz CT molecular complexity index is 992. The molecule has 5 heteroatoms. The summed E-state index contributed by atoms with van der Waals surface area (Å²) in [7, 11) is 2.09. The quantitative estimate of drug-likeness (QED) is 0.430. The molecule has 0 aliphatic heterocycles. The minimum Gasteiger partial charge on any atom is -0.441 e. The van der Waals surface area contributed by atoms with Crippen LogP contribution in [0.2, 0.25) is 0 Å². The number of hydrogen-bond acceptors (Lipinski definition) is 5. The molecule has 182 valence electrons. The molecule has 2 rings (SSSR count). The smallest absolute Gasteiger partial charge is 0.226 e. The zero-order chi connectivity index (χ0) is 24.9. The topological polar surface area (TPSA) is 81.3 Å². The monoisotopic (exact) mass is 452 g/mol. The summed E-state index contributed by atoms with van der Waals surface area (Å²) >= 11 is 0. The number of aromatic nitrogens is 1. The summed E-state index contributed by atoms with van der Waals surface area (Å²) in [5.41, 5.74) is 18.3. The van der Waals surface area contributed by atoms with Crippen molar-refractivity contribution in [2.75, 3.05) is 7.05 Å². The molecular weight excluding hydrogens is 408 g/mol. The molecule has 1 atom stereocenters. The number of aryl methyl sites for hydroxylation is 3.